The zero-order chi connectivity index (χ0) is 13.9. The van der Waals surface area contributed by atoms with Crippen LogP contribution >= 0.6 is 0 Å². The van der Waals surface area contributed by atoms with Crippen LogP contribution in [0.5, 0.6) is 0 Å². The summed E-state index contributed by atoms with van der Waals surface area (Å²) in [5.41, 5.74) is 2.00. The van der Waals surface area contributed by atoms with Gasteiger partial charge in [-0.15, -0.1) is 0 Å². The first kappa shape index (κ1) is 13.5. The molecule has 0 spiro atoms. The first-order valence-electron chi connectivity index (χ1n) is 7.26. The SMILES string of the molecule is CN(C)CCn1c(CC2CCOC2)nc2cccnc21. The van der Waals surface area contributed by atoms with Gasteiger partial charge in [-0.1, -0.05) is 0 Å². The van der Waals surface area contributed by atoms with Crippen molar-refractivity contribution in [2.24, 2.45) is 5.92 Å². The van der Waals surface area contributed by atoms with Crippen molar-refractivity contribution in [3.63, 3.8) is 0 Å². The lowest BCUT2D eigenvalue weighted by atomic mass is 10.1. The minimum atomic E-state index is 0.602. The molecule has 5 heteroatoms. The highest BCUT2D eigenvalue weighted by Gasteiger charge is 2.20. The Morgan fingerprint density at radius 2 is 2.35 bits per heavy atom. The van der Waals surface area contributed by atoms with Crippen LogP contribution in [0.15, 0.2) is 18.3 Å². The standard InChI is InChI=1S/C15H22N4O/c1-18(2)7-8-19-14(10-12-5-9-20-11-12)17-13-4-3-6-16-15(13)19/h3-4,6,12H,5,7-11H2,1-2H3. The fraction of sp³-hybridized carbons (Fsp3) is 0.600. The summed E-state index contributed by atoms with van der Waals surface area (Å²) in [5.74, 6) is 1.75. The Kier molecular flexibility index (Phi) is 3.98. The molecule has 0 saturated carbocycles. The molecule has 0 aromatic carbocycles. The lowest BCUT2D eigenvalue weighted by molar-refractivity contribution is 0.185. The van der Waals surface area contributed by atoms with Crippen molar-refractivity contribution in [2.45, 2.75) is 19.4 Å². The molecule has 1 fully saturated rings. The summed E-state index contributed by atoms with van der Waals surface area (Å²) in [4.78, 5) is 11.5. The summed E-state index contributed by atoms with van der Waals surface area (Å²) >= 11 is 0. The molecule has 20 heavy (non-hydrogen) atoms. The second-order valence-corrected chi connectivity index (χ2v) is 5.76. The van der Waals surface area contributed by atoms with Gasteiger partial charge in [0.15, 0.2) is 5.65 Å². The summed E-state index contributed by atoms with van der Waals surface area (Å²) in [6.07, 6.45) is 3.98. The summed E-state index contributed by atoms with van der Waals surface area (Å²) in [7, 11) is 4.19. The third kappa shape index (κ3) is 2.83. The Bertz CT molecular complexity index is 572. The Hall–Kier alpha value is -1.46. The molecule has 1 aliphatic heterocycles. The van der Waals surface area contributed by atoms with Crippen LogP contribution in [-0.2, 0) is 17.7 Å². The van der Waals surface area contributed by atoms with E-state index in [0.717, 1.165) is 56.1 Å². The molecular weight excluding hydrogens is 252 g/mol. The molecule has 1 unspecified atom stereocenters. The second-order valence-electron chi connectivity index (χ2n) is 5.76. The highest BCUT2D eigenvalue weighted by atomic mass is 16.5. The first-order valence-corrected chi connectivity index (χ1v) is 7.26. The van der Waals surface area contributed by atoms with Gasteiger partial charge < -0.3 is 14.2 Å². The minimum absolute atomic E-state index is 0.602. The number of hydrogen-bond donors (Lipinski definition) is 0. The summed E-state index contributed by atoms with van der Waals surface area (Å²) in [5, 5.41) is 0. The quantitative estimate of drug-likeness (QED) is 0.830. The van der Waals surface area contributed by atoms with Crippen LogP contribution in [0.2, 0.25) is 0 Å². The van der Waals surface area contributed by atoms with Gasteiger partial charge in [0, 0.05) is 38.9 Å². The van der Waals surface area contributed by atoms with E-state index >= 15 is 0 Å². The Morgan fingerprint density at radius 3 is 3.10 bits per heavy atom. The van der Waals surface area contributed by atoms with E-state index in [4.69, 9.17) is 9.72 Å². The van der Waals surface area contributed by atoms with Crippen molar-refractivity contribution in [3.8, 4) is 0 Å². The monoisotopic (exact) mass is 274 g/mol. The molecular formula is C15H22N4O. The predicted octanol–water partition coefficient (Wildman–Crippen LogP) is 1.57. The molecule has 1 saturated heterocycles. The Labute approximate surface area is 119 Å². The number of rotatable bonds is 5. The molecule has 1 atom stereocenters. The van der Waals surface area contributed by atoms with E-state index in [1.165, 1.54) is 0 Å². The predicted molar refractivity (Wildman–Crippen MR) is 78.7 cm³/mol. The third-order valence-electron chi connectivity index (χ3n) is 3.85. The van der Waals surface area contributed by atoms with Crippen LogP contribution in [0.4, 0.5) is 0 Å². The van der Waals surface area contributed by atoms with E-state index in [-0.39, 0.29) is 0 Å². The van der Waals surface area contributed by atoms with Gasteiger partial charge in [-0.2, -0.15) is 0 Å². The lowest BCUT2D eigenvalue weighted by Gasteiger charge is -2.14. The van der Waals surface area contributed by atoms with Crippen LogP contribution in [0.25, 0.3) is 11.2 Å². The largest absolute Gasteiger partial charge is 0.381 e. The fourth-order valence-electron chi connectivity index (χ4n) is 2.70. The van der Waals surface area contributed by atoms with Crippen LogP contribution in [0.3, 0.4) is 0 Å². The highest BCUT2D eigenvalue weighted by molar-refractivity contribution is 5.71. The number of likely N-dealkylation sites (N-methyl/N-ethyl adjacent to an activating group) is 1. The Morgan fingerprint density at radius 1 is 1.45 bits per heavy atom. The Balaban J connectivity index is 1.89. The summed E-state index contributed by atoms with van der Waals surface area (Å²) in [6.45, 7) is 3.69. The van der Waals surface area contributed by atoms with Gasteiger partial charge in [-0.25, -0.2) is 9.97 Å². The van der Waals surface area contributed by atoms with Gasteiger partial charge in [0.25, 0.3) is 0 Å². The zero-order valence-corrected chi connectivity index (χ0v) is 12.2. The topological polar surface area (TPSA) is 43.2 Å². The van der Waals surface area contributed by atoms with E-state index in [2.05, 4.69) is 28.5 Å². The van der Waals surface area contributed by atoms with Crippen molar-refractivity contribution < 1.29 is 4.74 Å². The highest BCUT2D eigenvalue weighted by Crippen LogP contribution is 2.21. The number of fused-ring (bicyclic) bond motifs is 1. The first-order chi connectivity index (χ1) is 9.74. The van der Waals surface area contributed by atoms with E-state index < -0.39 is 0 Å². The summed E-state index contributed by atoms with van der Waals surface area (Å²) < 4.78 is 7.75. The van der Waals surface area contributed by atoms with Gasteiger partial charge in [-0.05, 0) is 38.6 Å². The molecule has 108 valence electrons. The zero-order valence-electron chi connectivity index (χ0n) is 12.2. The van der Waals surface area contributed by atoms with Gasteiger partial charge in [-0.3, -0.25) is 0 Å². The van der Waals surface area contributed by atoms with E-state index in [1.54, 1.807) is 0 Å². The minimum Gasteiger partial charge on any atom is -0.381 e. The number of imidazole rings is 1. The molecule has 2 aromatic rings. The number of nitrogens with zero attached hydrogens (tertiary/aromatic N) is 4. The fourth-order valence-corrected chi connectivity index (χ4v) is 2.70. The van der Waals surface area contributed by atoms with Gasteiger partial charge >= 0.3 is 0 Å². The normalized spacial score (nSPS) is 19.2. The number of pyridine rings is 1. The third-order valence-corrected chi connectivity index (χ3v) is 3.85. The van der Waals surface area contributed by atoms with Crippen LogP contribution < -0.4 is 0 Å². The van der Waals surface area contributed by atoms with E-state index in [9.17, 15) is 0 Å². The molecule has 2 aromatic heterocycles. The molecule has 0 N–H and O–H groups in total. The molecule has 1 aliphatic rings. The van der Waals surface area contributed by atoms with Crippen LogP contribution in [0.1, 0.15) is 12.2 Å². The van der Waals surface area contributed by atoms with Gasteiger partial charge in [0.05, 0.1) is 0 Å². The molecule has 0 bridgehead atoms. The van der Waals surface area contributed by atoms with Crippen molar-refractivity contribution in [2.75, 3.05) is 33.9 Å². The maximum atomic E-state index is 5.48. The van der Waals surface area contributed by atoms with E-state index in [0.29, 0.717) is 5.92 Å². The van der Waals surface area contributed by atoms with Crippen molar-refractivity contribution in [1.29, 1.82) is 0 Å². The molecule has 0 aliphatic carbocycles. The maximum Gasteiger partial charge on any atom is 0.160 e. The van der Waals surface area contributed by atoms with Gasteiger partial charge in [0.1, 0.15) is 11.3 Å². The average molecular weight is 274 g/mol. The molecule has 0 radical (unpaired) electrons. The number of hydrogen-bond acceptors (Lipinski definition) is 4. The van der Waals surface area contributed by atoms with Crippen LogP contribution in [0, 0.1) is 5.92 Å². The van der Waals surface area contributed by atoms with Crippen molar-refractivity contribution in [3.05, 3.63) is 24.2 Å². The average Bonchev–Trinajstić information content (AvgIpc) is 3.04. The second kappa shape index (κ2) is 5.89. The molecule has 0 amide bonds. The number of ether oxygens (including phenoxy) is 1. The van der Waals surface area contributed by atoms with Crippen LogP contribution in [-0.4, -0.2) is 53.3 Å². The number of aromatic nitrogens is 3. The maximum absolute atomic E-state index is 5.48. The molecule has 3 rings (SSSR count). The van der Waals surface area contributed by atoms with E-state index in [1.807, 2.05) is 18.3 Å². The smallest absolute Gasteiger partial charge is 0.160 e. The van der Waals surface area contributed by atoms with Crippen molar-refractivity contribution >= 4 is 11.2 Å². The van der Waals surface area contributed by atoms with Crippen molar-refractivity contribution in [1.82, 2.24) is 19.4 Å². The lowest BCUT2D eigenvalue weighted by Crippen LogP contribution is -2.20. The molecule has 5 nitrogen and oxygen atoms in total. The van der Waals surface area contributed by atoms with Gasteiger partial charge in [0.2, 0.25) is 0 Å². The summed E-state index contributed by atoms with van der Waals surface area (Å²) in [6, 6.07) is 4.00. The molecule has 3 heterocycles.